The molecule has 0 saturated heterocycles. The van der Waals surface area contributed by atoms with E-state index in [1.54, 1.807) is 6.07 Å². The number of amides is 1. The van der Waals surface area contributed by atoms with Crippen LogP contribution < -0.4 is 11.1 Å². The molecule has 0 aromatic heterocycles. The normalized spacial score (nSPS) is 10.7. The standard InChI is InChI=1S/C15H25N3O/c1-4-9-18(10-5-2)11-14(19)17-15-12(3)7-6-8-13(15)16/h6-8H,4-5,9-11,16H2,1-3H3,(H,17,19). The van der Waals surface area contributed by atoms with E-state index in [4.69, 9.17) is 5.73 Å². The second kappa shape index (κ2) is 7.79. The maximum Gasteiger partial charge on any atom is 0.238 e. The molecule has 0 aliphatic heterocycles. The first-order valence-corrected chi connectivity index (χ1v) is 6.95. The summed E-state index contributed by atoms with van der Waals surface area (Å²) in [5, 5.41) is 2.92. The minimum absolute atomic E-state index is 0.00269. The Morgan fingerprint density at radius 3 is 2.42 bits per heavy atom. The lowest BCUT2D eigenvalue weighted by Gasteiger charge is -2.20. The van der Waals surface area contributed by atoms with E-state index in [-0.39, 0.29) is 5.91 Å². The summed E-state index contributed by atoms with van der Waals surface area (Å²) in [4.78, 5) is 14.2. The van der Waals surface area contributed by atoms with Crippen LogP contribution in [0.3, 0.4) is 0 Å². The molecule has 0 aliphatic rings. The maximum atomic E-state index is 12.1. The highest BCUT2D eigenvalue weighted by molar-refractivity contribution is 5.96. The highest BCUT2D eigenvalue weighted by atomic mass is 16.2. The fourth-order valence-corrected chi connectivity index (χ4v) is 2.15. The Labute approximate surface area is 116 Å². The molecule has 0 unspecified atom stereocenters. The van der Waals surface area contributed by atoms with E-state index >= 15 is 0 Å². The number of rotatable bonds is 7. The number of nitrogens with two attached hydrogens (primary N) is 1. The number of nitrogen functional groups attached to an aromatic ring is 1. The summed E-state index contributed by atoms with van der Waals surface area (Å²) in [6.07, 6.45) is 2.11. The Morgan fingerprint density at radius 1 is 1.26 bits per heavy atom. The molecular weight excluding hydrogens is 238 g/mol. The van der Waals surface area contributed by atoms with Gasteiger partial charge in [-0.25, -0.2) is 0 Å². The molecule has 1 amide bonds. The van der Waals surface area contributed by atoms with Crippen molar-refractivity contribution in [2.45, 2.75) is 33.6 Å². The van der Waals surface area contributed by atoms with E-state index in [2.05, 4.69) is 24.1 Å². The predicted molar refractivity (Wildman–Crippen MR) is 81.2 cm³/mol. The van der Waals surface area contributed by atoms with E-state index in [0.717, 1.165) is 37.2 Å². The van der Waals surface area contributed by atoms with Crippen LogP contribution in [0.5, 0.6) is 0 Å². The fraction of sp³-hybridized carbons (Fsp3) is 0.533. The van der Waals surface area contributed by atoms with Gasteiger partial charge in [0, 0.05) is 0 Å². The Balaban J connectivity index is 2.63. The number of nitrogens with one attached hydrogen (secondary N) is 1. The van der Waals surface area contributed by atoms with Gasteiger partial charge in [0.1, 0.15) is 0 Å². The molecule has 0 fully saturated rings. The summed E-state index contributed by atoms with van der Waals surface area (Å²) >= 11 is 0. The Bertz CT molecular complexity index is 392. The minimum Gasteiger partial charge on any atom is -0.397 e. The third-order valence-corrected chi connectivity index (χ3v) is 3.02. The van der Waals surface area contributed by atoms with Crippen LogP contribution in [-0.4, -0.2) is 30.4 Å². The summed E-state index contributed by atoms with van der Waals surface area (Å²) < 4.78 is 0. The van der Waals surface area contributed by atoms with Crippen LogP contribution in [0.15, 0.2) is 18.2 Å². The van der Waals surface area contributed by atoms with Gasteiger partial charge in [-0.3, -0.25) is 9.69 Å². The summed E-state index contributed by atoms with van der Waals surface area (Å²) in [6.45, 7) is 8.52. The van der Waals surface area contributed by atoms with E-state index in [1.165, 1.54) is 0 Å². The van der Waals surface area contributed by atoms with Crippen molar-refractivity contribution in [3.63, 3.8) is 0 Å². The van der Waals surface area contributed by atoms with Gasteiger partial charge in [-0.2, -0.15) is 0 Å². The lowest BCUT2D eigenvalue weighted by molar-refractivity contribution is -0.117. The van der Waals surface area contributed by atoms with E-state index in [9.17, 15) is 4.79 Å². The number of carbonyl (C=O) groups excluding carboxylic acids is 1. The average Bonchev–Trinajstić information content (AvgIpc) is 2.35. The lowest BCUT2D eigenvalue weighted by atomic mass is 10.1. The van der Waals surface area contributed by atoms with Crippen molar-refractivity contribution in [2.24, 2.45) is 0 Å². The molecule has 0 bridgehead atoms. The number of carbonyl (C=O) groups is 1. The Kier molecular flexibility index (Phi) is 6.36. The summed E-state index contributed by atoms with van der Waals surface area (Å²) in [7, 11) is 0. The second-order valence-electron chi connectivity index (χ2n) is 4.86. The predicted octanol–water partition coefficient (Wildman–Crippen LogP) is 2.64. The van der Waals surface area contributed by atoms with Crippen molar-refractivity contribution >= 4 is 17.3 Å². The maximum absolute atomic E-state index is 12.1. The van der Waals surface area contributed by atoms with Crippen LogP contribution in [0.2, 0.25) is 0 Å². The quantitative estimate of drug-likeness (QED) is 0.743. The number of benzene rings is 1. The van der Waals surface area contributed by atoms with E-state index in [1.807, 2.05) is 19.1 Å². The topological polar surface area (TPSA) is 58.4 Å². The zero-order valence-electron chi connectivity index (χ0n) is 12.2. The highest BCUT2D eigenvalue weighted by Crippen LogP contribution is 2.22. The van der Waals surface area contributed by atoms with Crippen LogP contribution in [-0.2, 0) is 4.79 Å². The van der Waals surface area contributed by atoms with Gasteiger partial charge in [0.25, 0.3) is 0 Å². The molecule has 0 atom stereocenters. The van der Waals surface area contributed by atoms with Gasteiger partial charge in [0.05, 0.1) is 17.9 Å². The second-order valence-corrected chi connectivity index (χ2v) is 4.86. The summed E-state index contributed by atoms with van der Waals surface area (Å²) in [5.41, 5.74) is 8.23. The van der Waals surface area contributed by atoms with Crippen molar-refractivity contribution < 1.29 is 4.79 Å². The van der Waals surface area contributed by atoms with Gasteiger partial charge in [-0.15, -0.1) is 0 Å². The van der Waals surface area contributed by atoms with Crippen LogP contribution in [0.4, 0.5) is 11.4 Å². The third-order valence-electron chi connectivity index (χ3n) is 3.02. The zero-order chi connectivity index (χ0) is 14.3. The number of hydrogen-bond donors (Lipinski definition) is 2. The van der Waals surface area contributed by atoms with Crippen molar-refractivity contribution in [3.8, 4) is 0 Å². The molecule has 106 valence electrons. The molecule has 0 spiro atoms. The SMILES string of the molecule is CCCN(CCC)CC(=O)Nc1c(C)cccc1N. The molecule has 1 rings (SSSR count). The third kappa shape index (κ3) is 4.91. The van der Waals surface area contributed by atoms with Crippen LogP contribution in [0.1, 0.15) is 32.3 Å². The minimum atomic E-state index is 0.00269. The first-order valence-electron chi connectivity index (χ1n) is 6.95. The van der Waals surface area contributed by atoms with Gasteiger partial charge in [-0.05, 0) is 44.5 Å². The molecule has 4 heteroatoms. The van der Waals surface area contributed by atoms with Crippen LogP contribution >= 0.6 is 0 Å². The largest absolute Gasteiger partial charge is 0.397 e. The van der Waals surface area contributed by atoms with E-state index < -0.39 is 0 Å². The summed E-state index contributed by atoms with van der Waals surface area (Å²) in [6, 6.07) is 5.64. The zero-order valence-corrected chi connectivity index (χ0v) is 12.2. The number of nitrogens with zero attached hydrogens (tertiary/aromatic N) is 1. The van der Waals surface area contributed by atoms with Crippen LogP contribution in [0, 0.1) is 6.92 Å². The van der Waals surface area contributed by atoms with Gasteiger partial charge in [0.2, 0.25) is 5.91 Å². The van der Waals surface area contributed by atoms with Gasteiger partial charge in [-0.1, -0.05) is 26.0 Å². The Hall–Kier alpha value is -1.55. The average molecular weight is 263 g/mol. The molecule has 0 aliphatic carbocycles. The van der Waals surface area contributed by atoms with Gasteiger partial charge >= 0.3 is 0 Å². The number of para-hydroxylation sites is 1. The van der Waals surface area contributed by atoms with Crippen molar-refractivity contribution in [3.05, 3.63) is 23.8 Å². The molecule has 3 N–H and O–H groups in total. The molecule has 0 heterocycles. The highest BCUT2D eigenvalue weighted by Gasteiger charge is 2.11. The monoisotopic (exact) mass is 263 g/mol. The number of anilines is 2. The van der Waals surface area contributed by atoms with Crippen molar-refractivity contribution in [1.82, 2.24) is 4.90 Å². The molecule has 1 aromatic rings. The number of aryl methyl sites for hydroxylation is 1. The molecular formula is C15H25N3O. The summed E-state index contributed by atoms with van der Waals surface area (Å²) in [5.74, 6) is 0.00269. The number of hydrogen-bond acceptors (Lipinski definition) is 3. The molecule has 19 heavy (non-hydrogen) atoms. The van der Waals surface area contributed by atoms with Gasteiger partial charge in [0.15, 0.2) is 0 Å². The smallest absolute Gasteiger partial charge is 0.238 e. The van der Waals surface area contributed by atoms with Crippen molar-refractivity contribution in [1.29, 1.82) is 0 Å². The van der Waals surface area contributed by atoms with E-state index in [0.29, 0.717) is 12.2 Å². The van der Waals surface area contributed by atoms with Crippen LogP contribution in [0.25, 0.3) is 0 Å². The molecule has 0 saturated carbocycles. The molecule has 0 radical (unpaired) electrons. The molecule has 4 nitrogen and oxygen atoms in total. The first kappa shape index (κ1) is 15.5. The van der Waals surface area contributed by atoms with Gasteiger partial charge < -0.3 is 11.1 Å². The lowest BCUT2D eigenvalue weighted by Crippen LogP contribution is -2.34. The first-order chi connectivity index (χ1) is 9.08. The fourth-order valence-electron chi connectivity index (χ4n) is 2.15. The Morgan fingerprint density at radius 2 is 1.89 bits per heavy atom. The van der Waals surface area contributed by atoms with Crippen molar-refractivity contribution in [2.75, 3.05) is 30.7 Å². The molecule has 1 aromatic carbocycles.